The number of nitrogens with two attached hydrogens (primary N) is 1. The summed E-state index contributed by atoms with van der Waals surface area (Å²) in [5.74, 6) is 1.08. The highest BCUT2D eigenvalue weighted by Crippen LogP contribution is 2.27. The van der Waals surface area contributed by atoms with E-state index in [2.05, 4.69) is 26.9 Å². The zero-order valence-electron chi connectivity index (χ0n) is 9.69. The summed E-state index contributed by atoms with van der Waals surface area (Å²) < 4.78 is 6.36. The van der Waals surface area contributed by atoms with E-state index >= 15 is 0 Å². The highest BCUT2D eigenvalue weighted by Gasteiger charge is 2.10. The molecule has 5 heteroatoms. The SMILES string of the molecule is Nc1cc(Br)ccc1SCCN1CCOCC1. The third-order valence-electron chi connectivity index (χ3n) is 2.74. The molecule has 1 aromatic rings. The fourth-order valence-corrected chi connectivity index (χ4v) is 3.10. The van der Waals surface area contributed by atoms with Crippen molar-refractivity contribution in [3.8, 4) is 0 Å². The molecule has 1 aromatic carbocycles. The van der Waals surface area contributed by atoms with Crippen LogP contribution in [0.5, 0.6) is 0 Å². The van der Waals surface area contributed by atoms with Gasteiger partial charge in [-0.05, 0) is 18.2 Å². The van der Waals surface area contributed by atoms with Gasteiger partial charge in [-0.3, -0.25) is 4.90 Å². The topological polar surface area (TPSA) is 38.5 Å². The normalized spacial score (nSPS) is 17.2. The van der Waals surface area contributed by atoms with E-state index in [0.717, 1.165) is 48.8 Å². The van der Waals surface area contributed by atoms with Crippen molar-refractivity contribution in [1.29, 1.82) is 0 Å². The molecule has 0 amide bonds. The fraction of sp³-hybridized carbons (Fsp3) is 0.500. The highest BCUT2D eigenvalue weighted by atomic mass is 79.9. The van der Waals surface area contributed by atoms with Crippen LogP contribution in [0.1, 0.15) is 0 Å². The van der Waals surface area contributed by atoms with E-state index in [1.165, 1.54) is 4.90 Å². The van der Waals surface area contributed by atoms with Gasteiger partial charge in [0.15, 0.2) is 0 Å². The van der Waals surface area contributed by atoms with E-state index in [9.17, 15) is 0 Å². The Morgan fingerprint density at radius 2 is 2.12 bits per heavy atom. The molecular formula is C12H17BrN2OS. The predicted molar refractivity (Wildman–Crippen MR) is 76.5 cm³/mol. The predicted octanol–water partition coefficient (Wildman–Crippen LogP) is 2.46. The van der Waals surface area contributed by atoms with Gasteiger partial charge in [-0.25, -0.2) is 0 Å². The van der Waals surface area contributed by atoms with Gasteiger partial charge >= 0.3 is 0 Å². The van der Waals surface area contributed by atoms with E-state index in [-0.39, 0.29) is 0 Å². The van der Waals surface area contributed by atoms with Gasteiger partial charge in [0.25, 0.3) is 0 Å². The van der Waals surface area contributed by atoms with Gasteiger partial charge in [-0.15, -0.1) is 11.8 Å². The second-order valence-electron chi connectivity index (χ2n) is 3.98. The Balaban J connectivity index is 1.77. The minimum absolute atomic E-state index is 0.853. The molecule has 94 valence electrons. The van der Waals surface area contributed by atoms with E-state index in [0.29, 0.717) is 0 Å². The number of morpholine rings is 1. The van der Waals surface area contributed by atoms with Crippen LogP contribution in [0.2, 0.25) is 0 Å². The second kappa shape index (κ2) is 6.64. The molecule has 1 aliphatic rings. The Morgan fingerprint density at radius 1 is 1.35 bits per heavy atom. The maximum Gasteiger partial charge on any atom is 0.0594 e. The number of hydrogen-bond acceptors (Lipinski definition) is 4. The van der Waals surface area contributed by atoms with Crippen molar-refractivity contribution in [2.75, 3.05) is 44.3 Å². The van der Waals surface area contributed by atoms with Crippen LogP contribution >= 0.6 is 27.7 Å². The standard InChI is InChI=1S/C12H17BrN2OS/c13-10-1-2-12(11(14)9-10)17-8-5-15-3-6-16-7-4-15/h1-2,9H,3-8,14H2. The molecule has 0 unspecified atom stereocenters. The Kier molecular flexibility index (Phi) is 5.16. The lowest BCUT2D eigenvalue weighted by Gasteiger charge is -2.26. The summed E-state index contributed by atoms with van der Waals surface area (Å²) in [6.45, 7) is 4.94. The first-order chi connectivity index (χ1) is 8.25. The number of benzene rings is 1. The lowest BCUT2D eigenvalue weighted by Crippen LogP contribution is -2.37. The van der Waals surface area contributed by atoms with Gasteiger partial charge in [0, 0.05) is 40.4 Å². The molecule has 0 atom stereocenters. The minimum Gasteiger partial charge on any atom is -0.398 e. The van der Waals surface area contributed by atoms with Gasteiger partial charge in [0.1, 0.15) is 0 Å². The van der Waals surface area contributed by atoms with Crippen molar-refractivity contribution >= 4 is 33.4 Å². The van der Waals surface area contributed by atoms with Gasteiger partial charge in [-0.1, -0.05) is 15.9 Å². The molecule has 3 nitrogen and oxygen atoms in total. The zero-order valence-corrected chi connectivity index (χ0v) is 12.1. The fourth-order valence-electron chi connectivity index (χ4n) is 1.76. The Morgan fingerprint density at radius 3 is 2.82 bits per heavy atom. The maximum absolute atomic E-state index is 5.96. The summed E-state index contributed by atoms with van der Waals surface area (Å²) in [6.07, 6.45) is 0. The number of rotatable bonds is 4. The number of hydrogen-bond donors (Lipinski definition) is 1. The summed E-state index contributed by atoms with van der Waals surface area (Å²) in [6, 6.07) is 6.06. The van der Waals surface area contributed by atoms with Gasteiger partial charge in [0.2, 0.25) is 0 Å². The van der Waals surface area contributed by atoms with Crippen molar-refractivity contribution in [3.05, 3.63) is 22.7 Å². The van der Waals surface area contributed by atoms with Gasteiger partial charge in [-0.2, -0.15) is 0 Å². The van der Waals surface area contributed by atoms with Crippen molar-refractivity contribution in [2.24, 2.45) is 0 Å². The molecule has 0 aliphatic carbocycles. The van der Waals surface area contributed by atoms with Crippen LogP contribution in [-0.2, 0) is 4.74 Å². The second-order valence-corrected chi connectivity index (χ2v) is 6.04. The van der Waals surface area contributed by atoms with Crippen molar-refractivity contribution in [2.45, 2.75) is 4.90 Å². The van der Waals surface area contributed by atoms with Gasteiger partial charge in [0.05, 0.1) is 13.2 Å². The third kappa shape index (κ3) is 4.17. The number of nitrogens with zero attached hydrogens (tertiary/aromatic N) is 1. The molecule has 17 heavy (non-hydrogen) atoms. The van der Waals surface area contributed by atoms with E-state index < -0.39 is 0 Å². The van der Waals surface area contributed by atoms with Gasteiger partial charge < -0.3 is 10.5 Å². The smallest absolute Gasteiger partial charge is 0.0594 e. The van der Waals surface area contributed by atoms with Crippen LogP contribution in [0.4, 0.5) is 5.69 Å². The molecule has 2 rings (SSSR count). The average Bonchev–Trinajstić information content (AvgIpc) is 2.33. The number of nitrogen functional groups attached to an aromatic ring is 1. The van der Waals surface area contributed by atoms with E-state index in [1.54, 1.807) is 0 Å². The van der Waals surface area contributed by atoms with Crippen molar-refractivity contribution in [1.82, 2.24) is 4.90 Å². The Bertz CT molecular complexity index is 370. The Hall–Kier alpha value is -0.230. The zero-order chi connectivity index (χ0) is 12.1. The molecular weight excluding hydrogens is 300 g/mol. The lowest BCUT2D eigenvalue weighted by atomic mass is 10.3. The van der Waals surface area contributed by atoms with E-state index in [1.807, 2.05) is 23.9 Å². The minimum atomic E-state index is 0.853. The molecule has 0 spiro atoms. The number of thioether (sulfide) groups is 1. The summed E-state index contributed by atoms with van der Waals surface area (Å²) >= 11 is 5.24. The van der Waals surface area contributed by atoms with Crippen LogP contribution in [-0.4, -0.2) is 43.5 Å². The Labute approximate surface area is 115 Å². The molecule has 1 aliphatic heterocycles. The molecule has 1 heterocycles. The van der Waals surface area contributed by atoms with Crippen LogP contribution in [0, 0.1) is 0 Å². The quantitative estimate of drug-likeness (QED) is 0.684. The van der Waals surface area contributed by atoms with Crippen molar-refractivity contribution < 1.29 is 4.74 Å². The largest absolute Gasteiger partial charge is 0.398 e. The lowest BCUT2D eigenvalue weighted by molar-refractivity contribution is 0.0410. The van der Waals surface area contributed by atoms with Crippen molar-refractivity contribution in [3.63, 3.8) is 0 Å². The average molecular weight is 317 g/mol. The van der Waals surface area contributed by atoms with Crippen LogP contribution in [0.3, 0.4) is 0 Å². The summed E-state index contributed by atoms with van der Waals surface area (Å²) in [5, 5.41) is 0. The maximum atomic E-state index is 5.96. The highest BCUT2D eigenvalue weighted by molar-refractivity contribution is 9.10. The molecule has 2 N–H and O–H groups in total. The summed E-state index contributed by atoms with van der Waals surface area (Å²) in [4.78, 5) is 3.60. The van der Waals surface area contributed by atoms with Crippen LogP contribution in [0.15, 0.2) is 27.6 Å². The molecule has 1 saturated heterocycles. The van der Waals surface area contributed by atoms with E-state index in [4.69, 9.17) is 10.5 Å². The first kappa shape index (κ1) is 13.2. The summed E-state index contributed by atoms with van der Waals surface area (Å²) in [7, 11) is 0. The molecule has 1 fully saturated rings. The first-order valence-electron chi connectivity index (χ1n) is 5.73. The summed E-state index contributed by atoms with van der Waals surface area (Å²) in [5.41, 5.74) is 6.81. The van der Waals surface area contributed by atoms with Crippen LogP contribution in [0.25, 0.3) is 0 Å². The molecule has 0 bridgehead atoms. The first-order valence-corrected chi connectivity index (χ1v) is 7.51. The number of halogens is 1. The monoisotopic (exact) mass is 316 g/mol. The molecule has 0 saturated carbocycles. The molecule has 0 aromatic heterocycles. The number of anilines is 1. The molecule has 0 radical (unpaired) electrons. The third-order valence-corrected chi connectivity index (χ3v) is 4.30. The number of ether oxygens (including phenoxy) is 1. The van der Waals surface area contributed by atoms with Crippen LogP contribution < -0.4 is 5.73 Å².